The van der Waals surface area contributed by atoms with Crippen molar-refractivity contribution in [3.63, 3.8) is 0 Å². The van der Waals surface area contributed by atoms with Gasteiger partial charge in [0.05, 0.1) is 6.54 Å². The normalized spacial score (nSPS) is 16.5. The Bertz CT molecular complexity index is 356. The highest BCUT2D eigenvalue weighted by Crippen LogP contribution is 2.18. The van der Waals surface area contributed by atoms with Crippen LogP contribution in [0.4, 0.5) is 0 Å². The van der Waals surface area contributed by atoms with Crippen LogP contribution < -0.4 is 11.1 Å². The van der Waals surface area contributed by atoms with E-state index in [1.165, 1.54) is 12.8 Å². The van der Waals surface area contributed by atoms with E-state index in [0.29, 0.717) is 23.7 Å². The van der Waals surface area contributed by atoms with E-state index in [9.17, 15) is 0 Å². The third-order valence-electron chi connectivity index (χ3n) is 2.15. The molecule has 3 N–H and O–H groups in total. The van der Waals surface area contributed by atoms with Crippen LogP contribution >= 0.6 is 11.6 Å². The number of aliphatic imine (C=N–C) groups is 1. The maximum absolute atomic E-state index is 5.68. The Morgan fingerprint density at radius 2 is 2.40 bits per heavy atom. The number of nitrogens with one attached hydrogen (secondary N) is 1. The number of halogens is 1. The van der Waals surface area contributed by atoms with Gasteiger partial charge in [-0.3, -0.25) is 0 Å². The zero-order valence-electron chi connectivity index (χ0n) is 8.28. The molecule has 1 fully saturated rings. The number of pyridine rings is 1. The Hall–Kier alpha value is -1.29. The van der Waals surface area contributed by atoms with Gasteiger partial charge in [0.25, 0.3) is 0 Å². The van der Waals surface area contributed by atoms with Crippen LogP contribution in [0.1, 0.15) is 18.4 Å². The van der Waals surface area contributed by atoms with Crippen LogP contribution in [0.2, 0.25) is 5.15 Å². The predicted molar refractivity (Wildman–Crippen MR) is 60.7 cm³/mol. The van der Waals surface area contributed by atoms with Crippen LogP contribution in [-0.2, 0) is 6.54 Å². The summed E-state index contributed by atoms with van der Waals surface area (Å²) in [7, 11) is 0. The molecule has 15 heavy (non-hydrogen) atoms. The summed E-state index contributed by atoms with van der Waals surface area (Å²) in [5.74, 6) is 0.507. The van der Waals surface area contributed by atoms with Gasteiger partial charge in [-0.2, -0.15) is 0 Å². The first kappa shape index (κ1) is 10.2. The van der Waals surface area contributed by atoms with Crippen molar-refractivity contribution in [3.05, 3.63) is 29.0 Å². The summed E-state index contributed by atoms with van der Waals surface area (Å²) in [5, 5.41) is 3.61. The van der Waals surface area contributed by atoms with Crippen LogP contribution in [0, 0.1) is 0 Å². The van der Waals surface area contributed by atoms with E-state index in [2.05, 4.69) is 15.3 Å². The SMILES string of the molecule is NC(=NCc1ccc(Cl)nc1)NC1CC1. The maximum Gasteiger partial charge on any atom is 0.189 e. The number of nitrogens with two attached hydrogens (primary N) is 1. The van der Waals surface area contributed by atoms with Crippen LogP contribution in [0.15, 0.2) is 23.3 Å². The minimum Gasteiger partial charge on any atom is -0.370 e. The van der Waals surface area contributed by atoms with Gasteiger partial charge in [-0.1, -0.05) is 17.7 Å². The molecule has 1 aliphatic carbocycles. The van der Waals surface area contributed by atoms with E-state index in [0.717, 1.165) is 5.56 Å². The van der Waals surface area contributed by atoms with Crippen LogP contribution in [-0.4, -0.2) is 17.0 Å². The van der Waals surface area contributed by atoms with Crippen LogP contribution in [0.3, 0.4) is 0 Å². The molecule has 0 saturated heterocycles. The molecule has 80 valence electrons. The number of aromatic nitrogens is 1. The number of nitrogens with zero attached hydrogens (tertiary/aromatic N) is 2. The minimum absolute atomic E-state index is 0.492. The summed E-state index contributed by atoms with van der Waals surface area (Å²) in [5.41, 5.74) is 6.68. The lowest BCUT2D eigenvalue weighted by molar-refractivity contribution is 0.878. The molecule has 5 heteroatoms. The predicted octanol–water partition coefficient (Wildman–Crippen LogP) is 1.30. The maximum atomic E-state index is 5.68. The minimum atomic E-state index is 0.492. The molecule has 0 spiro atoms. The topological polar surface area (TPSA) is 63.3 Å². The molecule has 0 aliphatic heterocycles. The second-order valence-electron chi connectivity index (χ2n) is 3.61. The molecule has 1 aromatic heterocycles. The average molecular weight is 225 g/mol. The zero-order valence-corrected chi connectivity index (χ0v) is 9.04. The van der Waals surface area contributed by atoms with Crippen LogP contribution in [0.25, 0.3) is 0 Å². The molecule has 4 nitrogen and oxygen atoms in total. The Balaban J connectivity index is 1.87. The van der Waals surface area contributed by atoms with Crippen molar-refractivity contribution >= 4 is 17.6 Å². The summed E-state index contributed by atoms with van der Waals surface area (Å²) in [4.78, 5) is 8.17. The van der Waals surface area contributed by atoms with Crippen molar-refractivity contribution in [2.45, 2.75) is 25.4 Å². The van der Waals surface area contributed by atoms with Crippen LogP contribution in [0.5, 0.6) is 0 Å². The fraction of sp³-hybridized carbons (Fsp3) is 0.400. The highest BCUT2D eigenvalue weighted by Gasteiger charge is 2.21. The standard InChI is InChI=1S/C10H13ClN4/c11-9-4-1-7(5-13-9)6-14-10(12)15-8-2-3-8/h1,4-5,8H,2-3,6H2,(H3,12,14,15). The van der Waals surface area contributed by atoms with Crippen molar-refractivity contribution in [3.8, 4) is 0 Å². The molecule has 0 aromatic carbocycles. The second kappa shape index (κ2) is 4.49. The lowest BCUT2D eigenvalue weighted by Gasteiger charge is -2.02. The summed E-state index contributed by atoms with van der Waals surface area (Å²) in [6, 6.07) is 4.18. The lowest BCUT2D eigenvalue weighted by atomic mass is 10.3. The molecular weight excluding hydrogens is 212 g/mol. The van der Waals surface area contributed by atoms with Crippen molar-refractivity contribution < 1.29 is 0 Å². The molecule has 2 rings (SSSR count). The monoisotopic (exact) mass is 224 g/mol. The van der Waals surface area contributed by atoms with Gasteiger partial charge in [-0.15, -0.1) is 0 Å². The van der Waals surface area contributed by atoms with Gasteiger partial charge in [0, 0.05) is 12.2 Å². The number of guanidine groups is 1. The third-order valence-corrected chi connectivity index (χ3v) is 2.37. The molecular formula is C10H13ClN4. The molecule has 1 aliphatic rings. The summed E-state index contributed by atoms with van der Waals surface area (Å²) in [6.45, 7) is 0.537. The molecule has 0 radical (unpaired) electrons. The van der Waals surface area contributed by atoms with E-state index < -0.39 is 0 Å². The zero-order chi connectivity index (χ0) is 10.7. The quantitative estimate of drug-likeness (QED) is 0.462. The van der Waals surface area contributed by atoms with Gasteiger partial charge in [-0.05, 0) is 24.5 Å². The van der Waals surface area contributed by atoms with Gasteiger partial charge in [0.1, 0.15) is 5.15 Å². The third kappa shape index (κ3) is 3.40. The van der Waals surface area contributed by atoms with Crippen molar-refractivity contribution in [1.82, 2.24) is 10.3 Å². The van der Waals surface area contributed by atoms with E-state index in [1.54, 1.807) is 12.3 Å². The Morgan fingerprint density at radius 3 is 3.00 bits per heavy atom. The average Bonchev–Trinajstić information content (AvgIpc) is 3.01. The van der Waals surface area contributed by atoms with Crippen molar-refractivity contribution in [1.29, 1.82) is 0 Å². The molecule has 1 aromatic rings. The lowest BCUT2D eigenvalue weighted by Crippen LogP contribution is -2.33. The molecule has 0 amide bonds. The van der Waals surface area contributed by atoms with E-state index >= 15 is 0 Å². The fourth-order valence-corrected chi connectivity index (χ4v) is 1.27. The summed E-state index contributed by atoms with van der Waals surface area (Å²) < 4.78 is 0. The second-order valence-corrected chi connectivity index (χ2v) is 4.00. The first-order chi connectivity index (χ1) is 7.24. The van der Waals surface area contributed by atoms with E-state index in [-0.39, 0.29) is 0 Å². The largest absolute Gasteiger partial charge is 0.370 e. The molecule has 0 atom stereocenters. The van der Waals surface area contributed by atoms with Gasteiger partial charge in [-0.25, -0.2) is 9.98 Å². The highest BCUT2D eigenvalue weighted by molar-refractivity contribution is 6.29. The highest BCUT2D eigenvalue weighted by atomic mass is 35.5. The van der Waals surface area contributed by atoms with Crippen molar-refractivity contribution in [2.75, 3.05) is 0 Å². The molecule has 1 heterocycles. The summed E-state index contributed by atoms with van der Waals surface area (Å²) in [6.07, 6.45) is 4.09. The Labute approximate surface area is 93.6 Å². The first-order valence-corrected chi connectivity index (χ1v) is 5.29. The van der Waals surface area contributed by atoms with Gasteiger partial charge < -0.3 is 11.1 Å². The van der Waals surface area contributed by atoms with Gasteiger partial charge in [0.2, 0.25) is 0 Å². The van der Waals surface area contributed by atoms with E-state index in [4.69, 9.17) is 17.3 Å². The Morgan fingerprint density at radius 1 is 1.60 bits per heavy atom. The molecule has 0 unspecified atom stereocenters. The Kier molecular flexibility index (Phi) is 3.06. The van der Waals surface area contributed by atoms with E-state index in [1.807, 2.05) is 6.07 Å². The molecule has 0 bridgehead atoms. The molecule has 1 saturated carbocycles. The summed E-state index contributed by atoms with van der Waals surface area (Å²) >= 11 is 5.67. The van der Waals surface area contributed by atoms with Gasteiger partial charge >= 0.3 is 0 Å². The fourth-order valence-electron chi connectivity index (χ4n) is 1.16. The first-order valence-electron chi connectivity index (χ1n) is 4.91. The van der Waals surface area contributed by atoms with Crippen molar-refractivity contribution in [2.24, 2.45) is 10.7 Å². The smallest absolute Gasteiger partial charge is 0.189 e. The number of hydrogen-bond acceptors (Lipinski definition) is 2. The van der Waals surface area contributed by atoms with Gasteiger partial charge in [0.15, 0.2) is 5.96 Å². The number of hydrogen-bond donors (Lipinski definition) is 2. The number of rotatable bonds is 3.